The second-order valence-electron chi connectivity index (χ2n) is 6.70. The van der Waals surface area contributed by atoms with Crippen molar-refractivity contribution in [1.29, 1.82) is 0 Å². The highest BCUT2D eigenvalue weighted by Gasteiger charge is 2.49. The Morgan fingerprint density at radius 2 is 2.16 bits per heavy atom. The van der Waals surface area contributed by atoms with E-state index >= 15 is 0 Å². The predicted octanol–water partition coefficient (Wildman–Crippen LogP) is 2.92. The van der Waals surface area contributed by atoms with Crippen LogP contribution in [0.1, 0.15) is 59.3 Å². The molecule has 2 atom stereocenters. The van der Waals surface area contributed by atoms with Crippen molar-refractivity contribution in [1.82, 2.24) is 9.78 Å². The van der Waals surface area contributed by atoms with Crippen molar-refractivity contribution in [2.75, 3.05) is 0 Å². The molecular formula is C15H26N2O2. The van der Waals surface area contributed by atoms with Gasteiger partial charge in [0.15, 0.2) is 0 Å². The van der Waals surface area contributed by atoms with Crippen molar-refractivity contribution in [3.05, 3.63) is 18.0 Å². The Hall–Kier alpha value is -0.870. The number of aliphatic hydroxyl groups is 1. The van der Waals surface area contributed by atoms with Crippen LogP contribution in [-0.4, -0.2) is 26.1 Å². The fourth-order valence-corrected chi connectivity index (χ4v) is 3.30. The van der Waals surface area contributed by atoms with Gasteiger partial charge in [0.25, 0.3) is 0 Å². The monoisotopic (exact) mass is 266 g/mol. The van der Waals surface area contributed by atoms with Crippen molar-refractivity contribution >= 4 is 0 Å². The molecule has 0 saturated carbocycles. The normalized spacial score (nSPS) is 26.5. The molecule has 1 saturated heterocycles. The van der Waals surface area contributed by atoms with Crippen LogP contribution in [0.25, 0.3) is 0 Å². The molecule has 1 aromatic heterocycles. The summed E-state index contributed by atoms with van der Waals surface area (Å²) in [6, 6.07) is 1.92. The molecule has 4 nitrogen and oxygen atoms in total. The van der Waals surface area contributed by atoms with Crippen LogP contribution >= 0.6 is 0 Å². The quantitative estimate of drug-likeness (QED) is 0.911. The molecule has 0 radical (unpaired) electrons. The van der Waals surface area contributed by atoms with E-state index < -0.39 is 6.10 Å². The van der Waals surface area contributed by atoms with Crippen LogP contribution in [0.5, 0.6) is 0 Å². The summed E-state index contributed by atoms with van der Waals surface area (Å²) < 4.78 is 7.99. The van der Waals surface area contributed by atoms with Crippen LogP contribution in [0, 0.1) is 5.92 Å². The molecule has 2 rings (SSSR count). The minimum Gasteiger partial charge on any atom is -0.386 e. The Labute approximate surface area is 115 Å². The van der Waals surface area contributed by atoms with Crippen LogP contribution in [0.4, 0.5) is 0 Å². The van der Waals surface area contributed by atoms with Crippen molar-refractivity contribution in [3.63, 3.8) is 0 Å². The third kappa shape index (κ3) is 2.84. The van der Waals surface area contributed by atoms with E-state index in [-0.39, 0.29) is 17.1 Å². The number of ether oxygens (including phenoxy) is 1. The summed E-state index contributed by atoms with van der Waals surface area (Å²) in [7, 11) is 0. The fraction of sp³-hybridized carbons (Fsp3) is 0.800. The molecule has 19 heavy (non-hydrogen) atoms. The Morgan fingerprint density at radius 1 is 1.47 bits per heavy atom. The molecule has 1 aromatic rings. The summed E-state index contributed by atoms with van der Waals surface area (Å²) in [5.41, 5.74) is 0.413. The highest BCUT2D eigenvalue weighted by Crippen LogP contribution is 2.47. The summed E-state index contributed by atoms with van der Waals surface area (Å²) in [4.78, 5) is 0. The SMILES string of the molecule is CCCn1nccc1C(O)C1CC(C)(C)OC1(C)C. The highest BCUT2D eigenvalue weighted by atomic mass is 16.5. The molecule has 4 heteroatoms. The second kappa shape index (κ2) is 4.91. The maximum absolute atomic E-state index is 10.7. The topological polar surface area (TPSA) is 47.3 Å². The fourth-order valence-electron chi connectivity index (χ4n) is 3.30. The van der Waals surface area contributed by atoms with Crippen LogP contribution in [-0.2, 0) is 11.3 Å². The van der Waals surface area contributed by atoms with Gasteiger partial charge in [0.05, 0.1) is 16.9 Å². The molecule has 2 heterocycles. The largest absolute Gasteiger partial charge is 0.386 e. The van der Waals surface area contributed by atoms with E-state index in [1.54, 1.807) is 6.20 Å². The maximum atomic E-state index is 10.7. The first kappa shape index (κ1) is 14.5. The van der Waals surface area contributed by atoms with E-state index in [1.165, 1.54) is 0 Å². The molecule has 1 aliphatic rings. The van der Waals surface area contributed by atoms with E-state index in [0.29, 0.717) is 0 Å². The van der Waals surface area contributed by atoms with E-state index in [2.05, 4.69) is 39.7 Å². The van der Waals surface area contributed by atoms with Gasteiger partial charge in [-0.05, 0) is 46.6 Å². The lowest BCUT2D eigenvalue weighted by Crippen LogP contribution is -2.33. The molecule has 0 amide bonds. The summed E-state index contributed by atoms with van der Waals surface area (Å²) in [6.07, 6.45) is 3.11. The van der Waals surface area contributed by atoms with Crippen molar-refractivity contribution < 1.29 is 9.84 Å². The molecular weight excluding hydrogens is 240 g/mol. The zero-order chi connectivity index (χ0) is 14.3. The van der Waals surface area contributed by atoms with Gasteiger partial charge in [-0.25, -0.2) is 0 Å². The Morgan fingerprint density at radius 3 is 2.68 bits per heavy atom. The molecule has 0 spiro atoms. The first-order valence-electron chi connectivity index (χ1n) is 7.17. The van der Waals surface area contributed by atoms with Crippen LogP contribution in [0.3, 0.4) is 0 Å². The van der Waals surface area contributed by atoms with Gasteiger partial charge < -0.3 is 9.84 Å². The Balaban J connectivity index is 2.24. The van der Waals surface area contributed by atoms with Crippen molar-refractivity contribution in [2.45, 2.75) is 71.3 Å². The summed E-state index contributed by atoms with van der Waals surface area (Å²) in [6.45, 7) is 11.3. The molecule has 0 aromatic carbocycles. The Bertz CT molecular complexity index is 437. The molecule has 0 aliphatic carbocycles. The number of aromatic nitrogens is 2. The van der Waals surface area contributed by atoms with Gasteiger partial charge in [0, 0.05) is 18.7 Å². The van der Waals surface area contributed by atoms with Crippen LogP contribution < -0.4 is 0 Å². The van der Waals surface area contributed by atoms with E-state index in [9.17, 15) is 5.11 Å². The minimum absolute atomic E-state index is 0.0924. The van der Waals surface area contributed by atoms with E-state index in [0.717, 1.165) is 25.1 Å². The number of hydrogen-bond acceptors (Lipinski definition) is 3. The van der Waals surface area contributed by atoms with Crippen LogP contribution in [0.2, 0.25) is 0 Å². The van der Waals surface area contributed by atoms with Gasteiger partial charge in [-0.2, -0.15) is 5.10 Å². The van der Waals surface area contributed by atoms with E-state index in [1.807, 2.05) is 10.7 Å². The Kier molecular flexibility index (Phi) is 3.76. The first-order valence-corrected chi connectivity index (χ1v) is 7.17. The maximum Gasteiger partial charge on any atom is 0.101 e. The zero-order valence-corrected chi connectivity index (χ0v) is 12.7. The standard InChI is InChI=1S/C15H26N2O2/c1-6-9-17-12(7-8-16-17)13(18)11-10-14(2,3)19-15(11,4)5/h7-8,11,13,18H,6,9-10H2,1-5H3. The molecule has 0 bridgehead atoms. The summed E-state index contributed by atoms with van der Waals surface area (Å²) in [5, 5.41) is 15.0. The predicted molar refractivity (Wildman–Crippen MR) is 74.8 cm³/mol. The lowest BCUT2D eigenvalue weighted by Gasteiger charge is -2.30. The lowest BCUT2D eigenvalue weighted by atomic mass is 9.82. The molecule has 1 fully saturated rings. The van der Waals surface area contributed by atoms with Gasteiger partial charge >= 0.3 is 0 Å². The number of nitrogens with zero attached hydrogens (tertiary/aromatic N) is 2. The molecule has 1 N–H and O–H groups in total. The number of aliphatic hydroxyl groups excluding tert-OH is 1. The van der Waals surface area contributed by atoms with Gasteiger partial charge in [0.1, 0.15) is 6.10 Å². The second-order valence-corrected chi connectivity index (χ2v) is 6.70. The zero-order valence-electron chi connectivity index (χ0n) is 12.7. The van der Waals surface area contributed by atoms with Gasteiger partial charge in [-0.15, -0.1) is 0 Å². The number of rotatable bonds is 4. The smallest absolute Gasteiger partial charge is 0.101 e. The average molecular weight is 266 g/mol. The molecule has 2 unspecified atom stereocenters. The van der Waals surface area contributed by atoms with Gasteiger partial charge in [0.2, 0.25) is 0 Å². The van der Waals surface area contributed by atoms with Gasteiger partial charge in [-0.1, -0.05) is 6.92 Å². The third-order valence-corrected chi connectivity index (χ3v) is 4.01. The number of hydrogen-bond donors (Lipinski definition) is 1. The summed E-state index contributed by atoms with van der Waals surface area (Å²) in [5.74, 6) is 0.0924. The molecule has 108 valence electrons. The van der Waals surface area contributed by atoms with Crippen LogP contribution in [0.15, 0.2) is 12.3 Å². The minimum atomic E-state index is -0.522. The average Bonchev–Trinajstić information content (AvgIpc) is 2.80. The van der Waals surface area contributed by atoms with E-state index in [4.69, 9.17) is 4.74 Å². The number of aryl methyl sites for hydroxylation is 1. The first-order chi connectivity index (χ1) is 8.77. The molecule has 1 aliphatic heterocycles. The third-order valence-electron chi connectivity index (χ3n) is 4.01. The van der Waals surface area contributed by atoms with Gasteiger partial charge in [-0.3, -0.25) is 4.68 Å². The highest BCUT2D eigenvalue weighted by molar-refractivity contribution is 5.10. The lowest BCUT2D eigenvalue weighted by molar-refractivity contribution is -0.0887. The van der Waals surface area contributed by atoms with Crippen molar-refractivity contribution in [2.24, 2.45) is 5.92 Å². The van der Waals surface area contributed by atoms with Crippen molar-refractivity contribution in [3.8, 4) is 0 Å². The summed E-state index contributed by atoms with van der Waals surface area (Å²) >= 11 is 0.